The summed E-state index contributed by atoms with van der Waals surface area (Å²) in [4.78, 5) is 18.8. The summed E-state index contributed by atoms with van der Waals surface area (Å²) in [5.74, 6) is 0.460. The fraction of sp³-hybridized carbons (Fsp3) is 0.647. The highest BCUT2D eigenvalue weighted by atomic mass is 16.5. The third kappa shape index (κ3) is 4.42. The molecule has 0 aliphatic carbocycles. The Morgan fingerprint density at radius 2 is 2.22 bits per heavy atom. The molecule has 0 bridgehead atoms. The van der Waals surface area contributed by atoms with Crippen LogP contribution < -0.4 is 10.1 Å². The van der Waals surface area contributed by atoms with Gasteiger partial charge in [0.05, 0.1) is 18.8 Å². The van der Waals surface area contributed by atoms with Crippen molar-refractivity contribution in [3.05, 3.63) is 23.9 Å². The highest BCUT2D eigenvalue weighted by molar-refractivity contribution is 5.94. The molecule has 1 atom stereocenters. The van der Waals surface area contributed by atoms with Crippen molar-refractivity contribution in [3.63, 3.8) is 0 Å². The largest absolute Gasteiger partial charge is 0.481 e. The van der Waals surface area contributed by atoms with Gasteiger partial charge in [-0.2, -0.15) is 0 Å². The summed E-state index contributed by atoms with van der Waals surface area (Å²) in [6.45, 7) is 3.98. The Kier molecular flexibility index (Phi) is 5.46. The second kappa shape index (κ2) is 7.75. The number of hydrogen-bond acceptors (Lipinski definition) is 5. The van der Waals surface area contributed by atoms with E-state index >= 15 is 0 Å². The van der Waals surface area contributed by atoms with Crippen molar-refractivity contribution in [2.24, 2.45) is 0 Å². The SMILES string of the molecule is COc1ccc(C(=O)NC2CCN(CC3CCCO3)CC2)cn1. The Balaban J connectivity index is 1.43. The van der Waals surface area contributed by atoms with Crippen molar-refractivity contribution in [3.8, 4) is 5.88 Å². The molecule has 0 spiro atoms. The molecule has 2 aliphatic heterocycles. The van der Waals surface area contributed by atoms with Gasteiger partial charge in [-0.1, -0.05) is 0 Å². The lowest BCUT2D eigenvalue weighted by atomic mass is 10.0. The van der Waals surface area contributed by atoms with Gasteiger partial charge in [-0.15, -0.1) is 0 Å². The fourth-order valence-electron chi connectivity index (χ4n) is 3.24. The molecular weight excluding hydrogens is 294 g/mol. The van der Waals surface area contributed by atoms with Crippen LogP contribution in [0.2, 0.25) is 0 Å². The van der Waals surface area contributed by atoms with Crippen molar-refractivity contribution in [1.29, 1.82) is 0 Å². The first-order valence-electron chi connectivity index (χ1n) is 8.39. The summed E-state index contributed by atoms with van der Waals surface area (Å²) in [5.41, 5.74) is 0.576. The number of amides is 1. The zero-order chi connectivity index (χ0) is 16.1. The van der Waals surface area contributed by atoms with E-state index < -0.39 is 0 Å². The second-order valence-electron chi connectivity index (χ2n) is 6.27. The van der Waals surface area contributed by atoms with E-state index in [0.29, 0.717) is 17.5 Å². The van der Waals surface area contributed by atoms with E-state index in [0.717, 1.165) is 39.1 Å². The third-order valence-corrected chi connectivity index (χ3v) is 4.62. The zero-order valence-corrected chi connectivity index (χ0v) is 13.7. The number of likely N-dealkylation sites (tertiary alicyclic amines) is 1. The van der Waals surface area contributed by atoms with Gasteiger partial charge in [-0.3, -0.25) is 4.79 Å². The van der Waals surface area contributed by atoms with Gasteiger partial charge >= 0.3 is 0 Å². The monoisotopic (exact) mass is 319 g/mol. The minimum Gasteiger partial charge on any atom is -0.481 e. The minimum absolute atomic E-state index is 0.0577. The highest BCUT2D eigenvalue weighted by Gasteiger charge is 2.24. The number of nitrogens with one attached hydrogen (secondary N) is 1. The summed E-state index contributed by atoms with van der Waals surface area (Å²) in [7, 11) is 1.56. The first kappa shape index (κ1) is 16.2. The average molecular weight is 319 g/mol. The molecule has 1 N–H and O–H groups in total. The smallest absolute Gasteiger partial charge is 0.253 e. The van der Waals surface area contributed by atoms with E-state index in [1.54, 1.807) is 25.4 Å². The molecule has 0 saturated carbocycles. The lowest BCUT2D eigenvalue weighted by molar-refractivity contribution is 0.0613. The Bertz CT molecular complexity index is 506. The number of methoxy groups -OCH3 is 1. The van der Waals surface area contributed by atoms with Gasteiger partial charge in [0.25, 0.3) is 5.91 Å². The maximum Gasteiger partial charge on any atom is 0.253 e. The quantitative estimate of drug-likeness (QED) is 0.890. The molecule has 1 aromatic heterocycles. The molecule has 0 radical (unpaired) electrons. The van der Waals surface area contributed by atoms with Crippen LogP contribution in [0.4, 0.5) is 0 Å². The molecule has 0 aromatic carbocycles. The van der Waals surface area contributed by atoms with Crippen LogP contribution in [0.3, 0.4) is 0 Å². The number of carbonyl (C=O) groups is 1. The molecular formula is C17H25N3O3. The molecule has 6 heteroatoms. The lowest BCUT2D eigenvalue weighted by Crippen LogP contribution is -2.46. The van der Waals surface area contributed by atoms with Gasteiger partial charge in [-0.25, -0.2) is 4.98 Å². The van der Waals surface area contributed by atoms with Gasteiger partial charge in [0.1, 0.15) is 0 Å². The normalized spacial score (nSPS) is 22.9. The molecule has 2 aliphatic rings. The van der Waals surface area contributed by atoms with Gasteiger partial charge in [0.2, 0.25) is 5.88 Å². The van der Waals surface area contributed by atoms with Crippen LogP contribution >= 0.6 is 0 Å². The van der Waals surface area contributed by atoms with Crippen molar-refractivity contribution in [1.82, 2.24) is 15.2 Å². The summed E-state index contributed by atoms with van der Waals surface area (Å²) in [6.07, 6.45) is 6.31. The Hall–Kier alpha value is -1.66. The molecule has 23 heavy (non-hydrogen) atoms. The van der Waals surface area contributed by atoms with E-state index in [-0.39, 0.29) is 11.9 Å². The van der Waals surface area contributed by atoms with Crippen LogP contribution in [0.15, 0.2) is 18.3 Å². The molecule has 1 aromatic rings. The van der Waals surface area contributed by atoms with E-state index in [2.05, 4.69) is 15.2 Å². The second-order valence-corrected chi connectivity index (χ2v) is 6.27. The standard InChI is InChI=1S/C17H25N3O3/c1-22-16-5-4-13(11-18-16)17(21)19-14-6-8-20(9-7-14)12-15-3-2-10-23-15/h4-5,11,14-15H,2-3,6-10,12H2,1H3,(H,19,21). The third-order valence-electron chi connectivity index (χ3n) is 4.62. The van der Waals surface area contributed by atoms with Crippen molar-refractivity contribution in [2.45, 2.75) is 37.8 Å². The molecule has 3 rings (SSSR count). The van der Waals surface area contributed by atoms with Crippen molar-refractivity contribution >= 4 is 5.91 Å². The average Bonchev–Trinajstić information content (AvgIpc) is 3.10. The Morgan fingerprint density at radius 1 is 1.39 bits per heavy atom. The Labute approximate surface area is 137 Å². The summed E-state index contributed by atoms with van der Waals surface area (Å²) in [6, 6.07) is 3.69. The molecule has 1 unspecified atom stereocenters. The van der Waals surface area contributed by atoms with Crippen LogP contribution in [0.1, 0.15) is 36.0 Å². The summed E-state index contributed by atoms with van der Waals surface area (Å²) in [5, 5.41) is 3.11. The topological polar surface area (TPSA) is 63.7 Å². The van der Waals surface area contributed by atoms with Crippen LogP contribution in [-0.2, 0) is 4.74 Å². The number of pyridine rings is 1. The van der Waals surface area contributed by atoms with Crippen molar-refractivity contribution in [2.75, 3.05) is 33.4 Å². The van der Waals surface area contributed by atoms with Crippen LogP contribution in [-0.4, -0.2) is 61.3 Å². The van der Waals surface area contributed by atoms with Gasteiger partial charge < -0.3 is 19.7 Å². The minimum atomic E-state index is -0.0577. The summed E-state index contributed by atoms with van der Waals surface area (Å²) >= 11 is 0. The number of aromatic nitrogens is 1. The van der Waals surface area contributed by atoms with E-state index in [1.165, 1.54) is 12.8 Å². The maximum absolute atomic E-state index is 12.2. The highest BCUT2D eigenvalue weighted by Crippen LogP contribution is 2.17. The van der Waals surface area contributed by atoms with Crippen LogP contribution in [0.25, 0.3) is 0 Å². The molecule has 6 nitrogen and oxygen atoms in total. The number of nitrogens with zero attached hydrogens (tertiary/aromatic N) is 2. The number of carbonyl (C=O) groups excluding carboxylic acids is 1. The number of hydrogen-bond donors (Lipinski definition) is 1. The number of rotatable bonds is 5. The summed E-state index contributed by atoms with van der Waals surface area (Å²) < 4.78 is 10.7. The van der Waals surface area contributed by atoms with Gasteiger partial charge in [0, 0.05) is 44.5 Å². The lowest BCUT2D eigenvalue weighted by Gasteiger charge is -2.33. The molecule has 2 fully saturated rings. The van der Waals surface area contributed by atoms with Crippen LogP contribution in [0.5, 0.6) is 5.88 Å². The van der Waals surface area contributed by atoms with Crippen LogP contribution in [0, 0.1) is 0 Å². The molecule has 3 heterocycles. The number of ether oxygens (including phenoxy) is 2. The Morgan fingerprint density at radius 3 is 2.83 bits per heavy atom. The first-order chi connectivity index (χ1) is 11.2. The van der Waals surface area contributed by atoms with Gasteiger partial charge in [-0.05, 0) is 31.7 Å². The maximum atomic E-state index is 12.2. The first-order valence-corrected chi connectivity index (χ1v) is 8.39. The van der Waals surface area contributed by atoms with E-state index in [4.69, 9.17) is 9.47 Å². The zero-order valence-electron chi connectivity index (χ0n) is 13.7. The molecule has 1 amide bonds. The predicted molar refractivity (Wildman–Crippen MR) is 86.7 cm³/mol. The van der Waals surface area contributed by atoms with Crippen molar-refractivity contribution < 1.29 is 14.3 Å². The predicted octanol–water partition coefficient (Wildman–Crippen LogP) is 1.46. The van der Waals surface area contributed by atoms with Gasteiger partial charge in [0.15, 0.2) is 0 Å². The number of piperidine rings is 1. The molecule has 2 saturated heterocycles. The van der Waals surface area contributed by atoms with E-state index in [9.17, 15) is 4.79 Å². The fourth-order valence-corrected chi connectivity index (χ4v) is 3.24. The molecule has 126 valence electrons. The van der Waals surface area contributed by atoms with E-state index in [1.807, 2.05) is 0 Å².